The fourth-order valence-corrected chi connectivity index (χ4v) is 7.45. The minimum absolute atomic E-state index is 0.565. The van der Waals surface area contributed by atoms with Gasteiger partial charge in [0.2, 0.25) is 0 Å². The summed E-state index contributed by atoms with van der Waals surface area (Å²) in [5, 5.41) is 34.1. The molecule has 0 saturated heterocycles. The van der Waals surface area contributed by atoms with Gasteiger partial charge >= 0.3 is 0 Å². The summed E-state index contributed by atoms with van der Waals surface area (Å²) in [6, 6.07) is 57.9. The van der Waals surface area contributed by atoms with E-state index >= 15 is 0 Å². The van der Waals surface area contributed by atoms with Gasteiger partial charge in [-0.2, -0.15) is 15.8 Å². The van der Waals surface area contributed by atoms with Crippen LogP contribution in [0.2, 0.25) is 0 Å². The SMILES string of the molecule is N#Cc1ccc2c(c1)c1ccc(C#N)cc1n2-c1ccccc1-c1ccccc1-c1ccc(C#N)c(-n2c3ccccc3c3ccccc32)c1. The Morgan fingerprint density at radius 3 is 1.64 bits per heavy atom. The molecular weight excluding hydrogens is 611 g/mol. The second-order valence-corrected chi connectivity index (χ2v) is 12.3. The number of nitrogens with zero attached hydrogens (tertiary/aromatic N) is 5. The fourth-order valence-electron chi connectivity index (χ4n) is 7.45. The van der Waals surface area contributed by atoms with Crippen molar-refractivity contribution >= 4 is 43.6 Å². The molecule has 0 unspecified atom stereocenters. The Hall–Kier alpha value is -7.39. The van der Waals surface area contributed by atoms with E-state index in [9.17, 15) is 15.8 Å². The van der Waals surface area contributed by atoms with E-state index in [0.717, 1.165) is 77.2 Å². The van der Waals surface area contributed by atoms with Gasteiger partial charge in [0, 0.05) is 27.1 Å². The normalized spacial score (nSPS) is 11.1. The Morgan fingerprint density at radius 1 is 0.360 bits per heavy atom. The zero-order chi connectivity index (χ0) is 33.8. The first-order chi connectivity index (χ1) is 24.7. The topological polar surface area (TPSA) is 81.2 Å². The highest BCUT2D eigenvalue weighted by molar-refractivity contribution is 6.11. The van der Waals surface area contributed by atoms with Gasteiger partial charge in [-0.15, -0.1) is 0 Å². The number of aromatic nitrogens is 2. The van der Waals surface area contributed by atoms with Crippen molar-refractivity contribution in [3.8, 4) is 51.8 Å². The third-order valence-electron chi connectivity index (χ3n) is 9.64. The predicted molar refractivity (Wildman–Crippen MR) is 200 cm³/mol. The van der Waals surface area contributed by atoms with Crippen molar-refractivity contribution in [3.63, 3.8) is 0 Å². The van der Waals surface area contributed by atoms with Gasteiger partial charge in [-0.05, 0) is 77.4 Å². The largest absolute Gasteiger partial charge is 0.309 e. The van der Waals surface area contributed by atoms with E-state index in [1.165, 1.54) is 0 Å². The van der Waals surface area contributed by atoms with Crippen molar-refractivity contribution in [1.29, 1.82) is 15.8 Å². The maximum Gasteiger partial charge on any atom is 0.101 e. The highest BCUT2D eigenvalue weighted by Gasteiger charge is 2.20. The average Bonchev–Trinajstić information content (AvgIpc) is 3.69. The predicted octanol–water partition coefficient (Wildman–Crippen LogP) is 10.8. The summed E-state index contributed by atoms with van der Waals surface area (Å²) in [6.07, 6.45) is 0. The van der Waals surface area contributed by atoms with E-state index in [1.54, 1.807) is 0 Å². The molecule has 230 valence electrons. The van der Waals surface area contributed by atoms with Crippen LogP contribution < -0.4 is 0 Å². The van der Waals surface area contributed by atoms with Crippen molar-refractivity contribution in [3.05, 3.63) is 168 Å². The molecule has 0 N–H and O–H groups in total. The minimum Gasteiger partial charge on any atom is -0.309 e. The van der Waals surface area contributed by atoms with E-state index in [4.69, 9.17) is 0 Å². The molecule has 7 aromatic carbocycles. The first kappa shape index (κ1) is 28.8. The van der Waals surface area contributed by atoms with Crippen LogP contribution in [0.5, 0.6) is 0 Å². The van der Waals surface area contributed by atoms with E-state index < -0.39 is 0 Å². The number of benzene rings is 7. The molecule has 5 heteroatoms. The van der Waals surface area contributed by atoms with Gasteiger partial charge < -0.3 is 9.13 Å². The number of rotatable bonds is 4. The van der Waals surface area contributed by atoms with Crippen molar-refractivity contribution in [2.24, 2.45) is 0 Å². The van der Waals surface area contributed by atoms with E-state index in [2.05, 4.69) is 94.1 Å². The number of nitriles is 3. The fraction of sp³-hybridized carbons (Fsp3) is 0. The molecule has 0 amide bonds. The summed E-state index contributed by atoms with van der Waals surface area (Å²) in [4.78, 5) is 0. The van der Waals surface area contributed by atoms with Crippen LogP contribution in [-0.2, 0) is 0 Å². The summed E-state index contributed by atoms with van der Waals surface area (Å²) in [5.74, 6) is 0. The standard InChI is InChI=1S/C45H25N5/c46-26-29-18-22-43-39(23-29)38-21-17-30(27-47)24-45(38)50(43)40-14-6-3-11-35(40)34-10-2-1-9-33(34)31-19-20-32(28-48)44(25-31)49-41-15-7-4-12-36(41)37-13-5-8-16-42(37)49/h1-25H. The highest BCUT2D eigenvalue weighted by Crippen LogP contribution is 2.41. The lowest BCUT2D eigenvalue weighted by Gasteiger charge is -2.18. The van der Waals surface area contributed by atoms with Crippen LogP contribution >= 0.6 is 0 Å². The lowest BCUT2D eigenvalue weighted by atomic mass is 9.92. The average molecular weight is 636 g/mol. The quantitative estimate of drug-likeness (QED) is 0.193. The monoisotopic (exact) mass is 635 g/mol. The molecule has 50 heavy (non-hydrogen) atoms. The number of fused-ring (bicyclic) bond motifs is 6. The zero-order valence-corrected chi connectivity index (χ0v) is 26.7. The van der Waals surface area contributed by atoms with Crippen LogP contribution in [0, 0.1) is 34.0 Å². The van der Waals surface area contributed by atoms with E-state index in [1.807, 2.05) is 84.9 Å². The van der Waals surface area contributed by atoms with Crippen LogP contribution in [-0.4, -0.2) is 9.13 Å². The minimum atomic E-state index is 0.565. The molecule has 0 radical (unpaired) electrons. The van der Waals surface area contributed by atoms with Gasteiger partial charge in [0.15, 0.2) is 0 Å². The van der Waals surface area contributed by atoms with Crippen LogP contribution in [0.4, 0.5) is 0 Å². The first-order valence-corrected chi connectivity index (χ1v) is 16.3. The summed E-state index contributed by atoms with van der Waals surface area (Å²) < 4.78 is 4.39. The maximum absolute atomic E-state index is 10.3. The Bertz CT molecular complexity index is 2920. The molecule has 0 fully saturated rings. The molecule has 9 aromatic rings. The second kappa shape index (κ2) is 11.4. The summed E-state index contributed by atoms with van der Waals surface area (Å²) in [7, 11) is 0. The Labute approximate surface area is 287 Å². The van der Waals surface area contributed by atoms with E-state index in [0.29, 0.717) is 16.7 Å². The van der Waals surface area contributed by atoms with Crippen LogP contribution in [0.3, 0.4) is 0 Å². The van der Waals surface area contributed by atoms with Crippen molar-refractivity contribution in [2.45, 2.75) is 0 Å². The number of hydrogen-bond donors (Lipinski definition) is 0. The smallest absolute Gasteiger partial charge is 0.101 e. The Balaban J connectivity index is 1.29. The Morgan fingerprint density at radius 2 is 0.920 bits per heavy atom. The van der Waals surface area contributed by atoms with Crippen LogP contribution in [0.1, 0.15) is 16.7 Å². The molecule has 0 bridgehead atoms. The van der Waals surface area contributed by atoms with Gasteiger partial charge in [-0.25, -0.2) is 0 Å². The van der Waals surface area contributed by atoms with Crippen LogP contribution in [0.15, 0.2) is 152 Å². The molecule has 5 nitrogen and oxygen atoms in total. The molecule has 0 spiro atoms. The lowest BCUT2D eigenvalue weighted by Crippen LogP contribution is -2.00. The van der Waals surface area contributed by atoms with Crippen molar-refractivity contribution in [1.82, 2.24) is 9.13 Å². The van der Waals surface area contributed by atoms with Gasteiger partial charge in [-0.1, -0.05) is 91.0 Å². The van der Waals surface area contributed by atoms with Gasteiger partial charge in [0.25, 0.3) is 0 Å². The zero-order valence-electron chi connectivity index (χ0n) is 26.7. The third kappa shape index (κ3) is 4.31. The van der Waals surface area contributed by atoms with Gasteiger partial charge in [0.05, 0.1) is 62.3 Å². The summed E-state index contributed by atoms with van der Waals surface area (Å²) in [5.41, 5.74) is 11.5. The first-order valence-electron chi connectivity index (χ1n) is 16.3. The maximum atomic E-state index is 10.3. The third-order valence-corrected chi connectivity index (χ3v) is 9.64. The Kier molecular flexibility index (Phi) is 6.56. The van der Waals surface area contributed by atoms with Gasteiger partial charge in [-0.3, -0.25) is 0 Å². The summed E-state index contributed by atoms with van der Waals surface area (Å²) in [6.45, 7) is 0. The van der Waals surface area contributed by atoms with Crippen LogP contribution in [0.25, 0.3) is 77.2 Å². The van der Waals surface area contributed by atoms with Crippen molar-refractivity contribution in [2.75, 3.05) is 0 Å². The summed E-state index contributed by atoms with van der Waals surface area (Å²) >= 11 is 0. The molecule has 2 aromatic heterocycles. The van der Waals surface area contributed by atoms with E-state index in [-0.39, 0.29) is 0 Å². The molecule has 0 aliphatic carbocycles. The second-order valence-electron chi connectivity index (χ2n) is 12.3. The molecule has 0 aliphatic heterocycles. The molecule has 9 rings (SSSR count). The molecule has 0 aliphatic rings. The number of hydrogen-bond acceptors (Lipinski definition) is 3. The highest BCUT2D eigenvalue weighted by atomic mass is 15.0. The van der Waals surface area contributed by atoms with Crippen molar-refractivity contribution < 1.29 is 0 Å². The molecule has 0 atom stereocenters. The molecule has 0 saturated carbocycles. The molecule has 2 heterocycles. The number of para-hydroxylation sites is 3. The molecular formula is C45H25N5. The van der Waals surface area contributed by atoms with Gasteiger partial charge in [0.1, 0.15) is 6.07 Å². The lowest BCUT2D eigenvalue weighted by molar-refractivity contribution is 1.17.